The number of nitrogens with one attached hydrogen (secondary N) is 1. The van der Waals surface area contributed by atoms with Gasteiger partial charge < -0.3 is 16.3 Å². The molecule has 0 unspecified atom stereocenters. The summed E-state index contributed by atoms with van der Waals surface area (Å²) in [5, 5.41) is 15.8. The van der Waals surface area contributed by atoms with E-state index in [1.807, 2.05) is 39.0 Å². The topological polar surface area (TPSA) is 70.6 Å². The van der Waals surface area contributed by atoms with Crippen LogP contribution in [-0.2, 0) is 0 Å². The van der Waals surface area contributed by atoms with E-state index in [2.05, 4.69) is 10.5 Å². The highest BCUT2D eigenvalue weighted by Gasteiger charge is 2.22. The first-order valence-electron chi connectivity index (χ1n) is 6.35. The maximum Gasteiger partial charge on any atom is 0.144 e. The van der Waals surface area contributed by atoms with Crippen LogP contribution in [0.15, 0.2) is 23.4 Å². The van der Waals surface area contributed by atoms with Crippen molar-refractivity contribution in [3.8, 4) is 0 Å². The van der Waals surface area contributed by atoms with Gasteiger partial charge in [0.1, 0.15) is 5.84 Å². The standard InChI is InChI=1S/C14H22ClN3O/c1-10-5-6-12(11(15)9-10)17-8-4-7-14(2,3)13(16)18-19/h5-6,9,17,19H,4,7-8H2,1-3H3,(H2,16,18). The molecule has 0 heterocycles. The van der Waals surface area contributed by atoms with Crippen molar-refractivity contribution in [2.45, 2.75) is 33.6 Å². The van der Waals surface area contributed by atoms with E-state index < -0.39 is 0 Å². The number of hydrogen-bond acceptors (Lipinski definition) is 3. The summed E-state index contributed by atoms with van der Waals surface area (Å²) in [6.07, 6.45) is 1.74. The molecular weight excluding hydrogens is 262 g/mol. The Morgan fingerprint density at radius 2 is 2.16 bits per heavy atom. The number of halogens is 1. The Balaban J connectivity index is 2.43. The van der Waals surface area contributed by atoms with Crippen LogP contribution < -0.4 is 11.1 Å². The smallest absolute Gasteiger partial charge is 0.144 e. The van der Waals surface area contributed by atoms with Crippen LogP contribution in [0.1, 0.15) is 32.3 Å². The molecule has 19 heavy (non-hydrogen) atoms. The van der Waals surface area contributed by atoms with E-state index in [1.165, 1.54) is 0 Å². The average Bonchev–Trinajstić information content (AvgIpc) is 2.35. The van der Waals surface area contributed by atoms with Gasteiger partial charge in [0, 0.05) is 12.0 Å². The molecule has 0 amide bonds. The summed E-state index contributed by atoms with van der Waals surface area (Å²) in [4.78, 5) is 0. The zero-order valence-corrected chi connectivity index (χ0v) is 12.5. The number of benzene rings is 1. The second-order valence-electron chi connectivity index (χ2n) is 5.38. The Kier molecular flexibility index (Phi) is 5.48. The molecule has 5 heteroatoms. The molecule has 4 N–H and O–H groups in total. The second-order valence-corrected chi connectivity index (χ2v) is 5.79. The number of nitrogens with two attached hydrogens (primary N) is 1. The van der Waals surface area contributed by atoms with E-state index in [0.29, 0.717) is 0 Å². The molecule has 0 saturated carbocycles. The molecule has 0 fully saturated rings. The summed E-state index contributed by atoms with van der Waals surface area (Å²) in [6.45, 7) is 6.72. The average molecular weight is 284 g/mol. The van der Waals surface area contributed by atoms with E-state index in [0.717, 1.165) is 35.7 Å². The highest BCUT2D eigenvalue weighted by Crippen LogP contribution is 2.25. The van der Waals surface area contributed by atoms with Crippen LogP contribution in [0.5, 0.6) is 0 Å². The maximum absolute atomic E-state index is 8.70. The summed E-state index contributed by atoms with van der Waals surface area (Å²) in [6, 6.07) is 5.94. The van der Waals surface area contributed by atoms with E-state index in [-0.39, 0.29) is 11.3 Å². The van der Waals surface area contributed by atoms with Crippen LogP contribution >= 0.6 is 11.6 Å². The summed E-state index contributed by atoms with van der Waals surface area (Å²) >= 11 is 6.14. The molecule has 4 nitrogen and oxygen atoms in total. The van der Waals surface area contributed by atoms with Crippen molar-refractivity contribution in [2.75, 3.05) is 11.9 Å². The first-order chi connectivity index (χ1) is 8.86. The highest BCUT2D eigenvalue weighted by atomic mass is 35.5. The third-order valence-electron chi connectivity index (χ3n) is 3.22. The minimum absolute atomic E-state index is 0.265. The molecular formula is C14H22ClN3O. The van der Waals surface area contributed by atoms with Crippen molar-refractivity contribution in [1.29, 1.82) is 0 Å². The molecule has 106 valence electrons. The zero-order valence-electron chi connectivity index (χ0n) is 11.7. The summed E-state index contributed by atoms with van der Waals surface area (Å²) < 4.78 is 0. The molecule has 0 atom stereocenters. The molecule has 0 spiro atoms. The lowest BCUT2D eigenvalue weighted by Crippen LogP contribution is -2.32. The predicted octanol–water partition coefficient (Wildman–Crippen LogP) is 3.61. The Hall–Kier alpha value is -1.42. The molecule has 1 aromatic carbocycles. The van der Waals surface area contributed by atoms with Crippen LogP contribution in [0.2, 0.25) is 5.02 Å². The van der Waals surface area contributed by atoms with Crippen molar-refractivity contribution < 1.29 is 5.21 Å². The summed E-state index contributed by atoms with van der Waals surface area (Å²) in [5.41, 5.74) is 7.43. The quantitative estimate of drug-likeness (QED) is 0.245. The molecule has 0 aromatic heterocycles. The SMILES string of the molecule is Cc1ccc(NCCCC(C)(C)C(N)=NO)c(Cl)c1. The van der Waals surface area contributed by atoms with Crippen LogP contribution in [0.25, 0.3) is 0 Å². The molecule has 0 aliphatic carbocycles. The van der Waals surface area contributed by atoms with E-state index in [4.69, 9.17) is 22.5 Å². The van der Waals surface area contributed by atoms with Gasteiger partial charge in [-0.05, 0) is 37.5 Å². The van der Waals surface area contributed by atoms with Gasteiger partial charge in [-0.25, -0.2) is 0 Å². The number of anilines is 1. The summed E-state index contributed by atoms with van der Waals surface area (Å²) in [7, 11) is 0. The van der Waals surface area contributed by atoms with Gasteiger partial charge >= 0.3 is 0 Å². The van der Waals surface area contributed by atoms with Crippen molar-refractivity contribution in [3.05, 3.63) is 28.8 Å². The van der Waals surface area contributed by atoms with E-state index in [9.17, 15) is 0 Å². The van der Waals surface area contributed by atoms with Gasteiger partial charge in [0.15, 0.2) is 0 Å². The number of nitrogens with zero attached hydrogens (tertiary/aromatic N) is 1. The lowest BCUT2D eigenvalue weighted by atomic mass is 9.86. The zero-order chi connectivity index (χ0) is 14.5. The largest absolute Gasteiger partial charge is 0.409 e. The van der Waals surface area contributed by atoms with Gasteiger partial charge in [0.25, 0.3) is 0 Å². The molecule has 0 radical (unpaired) electrons. The predicted molar refractivity (Wildman–Crippen MR) is 81.1 cm³/mol. The normalized spacial score (nSPS) is 12.5. The highest BCUT2D eigenvalue weighted by molar-refractivity contribution is 6.33. The van der Waals surface area contributed by atoms with E-state index in [1.54, 1.807) is 0 Å². The third-order valence-corrected chi connectivity index (χ3v) is 3.53. The Morgan fingerprint density at radius 3 is 2.74 bits per heavy atom. The van der Waals surface area contributed by atoms with Gasteiger partial charge in [-0.2, -0.15) is 0 Å². The van der Waals surface area contributed by atoms with Crippen LogP contribution in [-0.4, -0.2) is 17.6 Å². The Bertz CT molecular complexity index is 458. The number of amidine groups is 1. The minimum Gasteiger partial charge on any atom is -0.409 e. The Labute approximate surface area is 119 Å². The second kappa shape index (κ2) is 6.66. The first-order valence-corrected chi connectivity index (χ1v) is 6.72. The van der Waals surface area contributed by atoms with Crippen molar-refractivity contribution in [3.63, 3.8) is 0 Å². The van der Waals surface area contributed by atoms with Crippen LogP contribution in [0, 0.1) is 12.3 Å². The van der Waals surface area contributed by atoms with Gasteiger partial charge in [-0.3, -0.25) is 0 Å². The van der Waals surface area contributed by atoms with Crippen LogP contribution in [0.3, 0.4) is 0 Å². The lowest BCUT2D eigenvalue weighted by molar-refractivity contribution is 0.305. The minimum atomic E-state index is -0.298. The third kappa shape index (κ3) is 4.63. The van der Waals surface area contributed by atoms with E-state index >= 15 is 0 Å². The van der Waals surface area contributed by atoms with Crippen molar-refractivity contribution in [1.82, 2.24) is 0 Å². The molecule has 0 bridgehead atoms. The molecule has 0 saturated heterocycles. The number of aryl methyl sites for hydroxylation is 1. The monoisotopic (exact) mass is 283 g/mol. The van der Waals surface area contributed by atoms with Crippen molar-refractivity contribution >= 4 is 23.1 Å². The molecule has 0 aliphatic rings. The number of hydrogen-bond donors (Lipinski definition) is 3. The number of oxime groups is 1. The molecule has 1 aromatic rings. The lowest BCUT2D eigenvalue weighted by Gasteiger charge is -2.22. The summed E-state index contributed by atoms with van der Waals surface area (Å²) in [5.74, 6) is 0.265. The Morgan fingerprint density at radius 1 is 1.47 bits per heavy atom. The first kappa shape index (κ1) is 15.6. The fourth-order valence-corrected chi connectivity index (χ4v) is 2.08. The van der Waals surface area contributed by atoms with Gasteiger partial charge in [-0.1, -0.05) is 36.7 Å². The molecule has 1 rings (SSSR count). The number of rotatable bonds is 6. The molecule has 0 aliphatic heterocycles. The van der Waals surface area contributed by atoms with Gasteiger partial charge in [-0.15, -0.1) is 0 Å². The van der Waals surface area contributed by atoms with Gasteiger partial charge in [0.05, 0.1) is 10.7 Å². The van der Waals surface area contributed by atoms with Gasteiger partial charge in [0.2, 0.25) is 0 Å². The van der Waals surface area contributed by atoms with Crippen LogP contribution in [0.4, 0.5) is 5.69 Å². The van der Waals surface area contributed by atoms with Crippen molar-refractivity contribution in [2.24, 2.45) is 16.3 Å². The fraction of sp³-hybridized carbons (Fsp3) is 0.500. The maximum atomic E-state index is 8.70. The fourth-order valence-electron chi connectivity index (χ4n) is 1.78.